The molecule has 5 N–H and O–H groups in total. The van der Waals surface area contributed by atoms with Crippen molar-refractivity contribution in [3.05, 3.63) is 85.2 Å². The third-order valence-corrected chi connectivity index (χ3v) is 9.33. The summed E-state index contributed by atoms with van der Waals surface area (Å²) in [6, 6.07) is 14.4. The van der Waals surface area contributed by atoms with E-state index in [1.807, 2.05) is 19.1 Å². The molecule has 1 aliphatic rings. The van der Waals surface area contributed by atoms with Crippen molar-refractivity contribution in [1.82, 2.24) is 24.8 Å². The van der Waals surface area contributed by atoms with Gasteiger partial charge in [-0.2, -0.15) is 20.0 Å². The minimum Gasteiger partial charge on any atom is -0.369 e. The number of nitrogens with two attached hydrogens (primary N) is 2. The fourth-order valence-electron chi connectivity index (χ4n) is 4.92. The predicted octanol–water partition coefficient (Wildman–Crippen LogP) is 7.90. The van der Waals surface area contributed by atoms with Crippen molar-refractivity contribution in [3.63, 3.8) is 0 Å². The molecular weight excluding hydrogens is 742 g/mol. The van der Waals surface area contributed by atoms with Crippen molar-refractivity contribution in [2.75, 3.05) is 48.8 Å². The van der Waals surface area contributed by atoms with Crippen molar-refractivity contribution >= 4 is 99.0 Å². The smallest absolute Gasteiger partial charge is 0.254 e. The van der Waals surface area contributed by atoms with E-state index in [-0.39, 0.29) is 17.9 Å². The molecule has 0 saturated carbocycles. The van der Waals surface area contributed by atoms with Gasteiger partial charge in [0.15, 0.2) is 0 Å². The molecule has 0 spiro atoms. The monoisotopic (exact) mass is 778 g/mol. The number of likely N-dealkylation sites (tertiary alicyclic amines) is 1. The van der Waals surface area contributed by atoms with Crippen LogP contribution < -0.4 is 26.6 Å². The fourth-order valence-corrected chi connectivity index (χ4v) is 5.74. The van der Waals surface area contributed by atoms with Crippen LogP contribution in [-0.2, 0) is 0 Å². The summed E-state index contributed by atoms with van der Waals surface area (Å²) >= 11 is 29.8. The zero-order valence-electron chi connectivity index (χ0n) is 28.3. The van der Waals surface area contributed by atoms with Crippen LogP contribution >= 0.6 is 58.0 Å². The lowest BCUT2D eigenvalue weighted by Gasteiger charge is -2.32. The summed E-state index contributed by atoms with van der Waals surface area (Å²) in [5.74, 6) is 1.75. The Kier molecular flexibility index (Phi) is 14.1. The summed E-state index contributed by atoms with van der Waals surface area (Å²) in [5.41, 5.74) is 15.2. The Bertz CT molecular complexity index is 1830. The quantitative estimate of drug-likeness (QED) is 0.0960. The summed E-state index contributed by atoms with van der Waals surface area (Å²) < 4.78 is 0. The van der Waals surface area contributed by atoms with Crippen LogP contribution in [0.4, 0.5) is 29.1 Å². The number of rotatable bonds is 7. The first kappa shape index (κ1) is 39.1. The van der Waals surface area contributed by atoms with E-state index in [9.17, 15) is 0 Å². The van der Waals surface area contributed by atoms with Gasteiger partial charge in [-0.25, -0.2) is 9.97 Å². The highest BCUT2D eigenvalue weighted by Gasteiger charge is 2.19. The molecule has 1 aliphatic heterocycles. The Labute approximate surface area is 317 Å². The van der Waals surface area contributed by atoms with Gasteiger partial charge in [-0.1, -0.05) is 64.9 Å². The molecule has 1 unspecified atom stereocenters. The highest BCUT2D eigenvalue weighted by molar-refractivity contribution is 6.42. The third kappa shape index (κ3) is 11.2. The van der Waals surface area contributed by atoms with Crippen LogP contribution in [0.1, 0.15) is 31.2 Å². The molecule has 266 valence electrons. The Morgan fingerprint density at radius 1 is 0.780 bits per heavy atom. The largest absolute Gasteiger partial charge is 0.369 e. The van der Waals surface area contributed by atoms with Gasteiger partial charge in [0.1, 0.15) is 11.0 Å². The number of guanidine groups is 2. The van der Waals surface area contributed by atoms with Crippen LogP contribution in [0, 0.1) is 13.8 Å². The molecule has 50 heavy (non-hydrogen) atoms. The van der Waals surface area contributed by atoms with Gasteiger partial charge in [0.25, 0.3) is 11.9 Å². The van der Waals surface area contributed by atoms with Gasteiger partial charge in [0, 0.05) is 55.5 Å². The van der Waals surface area contributed by atoms with Gasteiger partial charge < -0.3 is 31.5 Å². The van der Waals surface area contributed by atoms with Gasteiger partial charge in [-0.3, -0.25) is 0 Å². The van der Waals surface area contributed by atoms with Crippen LogP contribution in [0.2, 0.25) is 25.2 Å². The first-order chi connectivity index (χ1) is 23.7. The molecule has 0 bridgehead atoms. The molecule has 1 atom stereocenters. The highest BCUT2D eigenvalue weighted by atomic mass is 35.5. The molecule has 17 heteroatoms. The lowest BCUT2D eigenvalue weighted by Crippen LogP contribution is -2.42. The second-order valence-corrected chi connectivity index (χ2v) is 13.5. The number of aryl methyl sites for hydroxylation is 2. The average molecular weight is 781 g/mol. The zero-order valence-corrected chi connectivity index (χ0v) is 32.1. The number of hydrogen-bond acceptors (Lipinski definition) is 8. The molecule has 0 aliphatic carbocycles. The molecule has 2 aromatic carbocycles. The van der Waals surface area contributed by atoms with Crippen molar-refractivity contribution in [2.45, 2.75) is 39.7 Å². The number of hydrogen-bond donors (Lipinski definition) is 3. The van der Waals surface area contributed by atoms with Gasteiger partial charge in [-0.05, 0) is 82.2 Å². The number of anilines is 3. The molecule has 12 nitrogen and oxygen atoms in total. The third-order valence-electron chi connectivity index (χ3n) is 7.66. The van der Waals surface area contributed by atoms with E-state index in [4.69, 9.17) is 69.5 Å². The number of piperidine rings is 1. The number of benzene rings is 2. The average Bonchev–Trinajstić information content (AvgIpc) is 3.06. The Morgan fingerprint density at radius 3 is 1.80 bits per heavy atom. The van der Waals surface area contributed by atoms with Crippen molar-refractivity contribution in [1.29, 1.82) is 0 Å². The summed E-state index contributed by atoms with van der Waals surface area (Å²) in [6.07, 6.45) is 2.31. The predicted molar refractivity (Wildman–Crippen MR) is 210 cm³/mol. The lowest BCUT2D eigenvalue weighted by atomic mass is 10.1. The van der Waals surface area contributed by atoms with Crippen LogP contribution in [0.15, 0.2) is 58.5 Å². The maximum absolute atomic E-state index is 6.18. The topological polar surface area (TPSA) is 150 Å². The van der Waals surface area contributed by atoms with Gasteiger partial charge in [0.2, 0.25) is 11.9 Å². The Morgan fingerprint density at radius 2 is 1.30 bits per heavy atom. The van der Waals surface area contributed by atoms with Crippen LogP contribution in [0.5, 0.6) is 0 Å². The first-order valence-corrected chi connectivity index (χ1v) is 17.5. The number of nitrogens with zero attached hydrogens (tertiary/aromatic N) is 9. The minimum atomic E-state index is 0.199. The SMILES string of the molecule is CCN1CCCC(Nc2cc(C)nc(N=C(N)N(C)c3ccc(Cl)c(Cl)c3)n2)C1.Cc1cc(Cl)nc(N=C(N)N(C)c2ccc(Cl)c(Cl)c2)n1. The maximum atomic E-state index is 6.18. The zero-order chi connectivity index (χ0) is 36.5. The van der Waals surface area contributed by atoms with E-state index < -0.39 is 0 Å². The van der Waals surface area contributed by atoms with E-state index in [0.717, 1.165) is 48.9 Å². The molecule has 1 fully saturated rings. The molecule has 0 amide bonds. The van der Waals surface area contributed by atoms with E-state index in [0.29, 0.717) is 42.9 Å². The number of nitrogens with one attached hydrogen (secondary N) is 1. The molecular formula is C33H39Cl5N12. The molecule has 0 radical (unpaired) electrons. The molecule has 1 saturated heterocycles. The van der Waals surface area contributed by atoms with Crippen LogP contribution in [0.25, 0.3) is 0 Å². The maximum Gasteiger partial charge on any atom is 0.254 e. The second kappa shape index (κ2) is 18.0. The standard InChI is InChI=1S/C20H27Cl2N7.C13H12Cl3N5/c1-4-29-9-5-6-14(12-29)25-18-10-13(2)24-20(26-18)27-19(23)28(3)15-7-8-16(21)17(22)11-15;1-7-5-11(16)19-13(18-7)20-12(17)21(2)8-3-4-9(14)10(15)6-8/h7-8,10-11,14H,4-6,9,12H2,1-3H3,(H3,23,24,25,26,27);3-6H,1-2H3,(H2,17,18,19,20). The second-order valence-electron chi connectivity index (χ2n) is 11.5. The number of aromatic nitrogens is 4. The minimum absolute atomic E-state index is 0.199. The van der Waals surface area contributed by atoms with Crippen molar-refractivity contribution in [2.24, 2.45) is 21.5 Å². The summed E-state index contributed by atoms with van der Waals surface area (Å²) in [7, 11) is 3.55. The van der Waals surface area contributed by atoms with Crippen LogP contribution in [0.3, 0.4) is 0 Å². The Hall–Kier alpha value is -3.65. The Balaban J connectivity index is 0.000000237. The molecule has 2 aromatic heterocycles. The molecule has 3 heterocycles. The van der Waals surface area contributed by atoms with Gasteiger partial charge in [-0.15, -0.1) is 0 Å². The number of aliphatic imine (C=N–C) groups is 2. The lowest BCUT2D eigenvalue weighted by molar-refractivity contribution is 0.226. The van der Waals surface area contributed by atoms with E-state index in [1.165, 1.54) is 6.42 Å². The summed E-state index contributed by atoms with van der Waals surface area (Å²) in [5, 5.41) is 5.68. The molecule has 5 rings (SSSR count). The number of likely N-dealkylation sites (N-methyl/N-ethyl adjacent to an activating group) is 1. The highest BCUT2D eigenvalue weighted by Crippen LogP contribution is 2.28. The number of halogens is 5. The van der Waals surface area contributed by atoms with E-state index in [1.54, 1.807) is 67.2 Å². The van der Waals surface area contributed by atoms with E-state index >= 15 is 0 Å². The van der Waals surface area contributed by atoms with Crippen LogP contribution in [-0.4, -0.2) is 76.5 Å². The van der Waals surface area contributed by atoms with Crippen molar-refractivity contribution in [3.8, 4) is 0 Å². The van der Waals surface area contributed by atoms with E-state index in [2.05, 4.69) is 47.1 Å². The summed E-state index contributed by atoms with van der Waals surface area (Å²) in [4.78, 5) is 31.4. The molecule has 4 aromatic rings. The van der Waals surface area contributed by atoms with Gasteiger partial charge in [0.05, 0.1) is 20.1 Å². The first-order valence-electron chi connectivity index (χ1n) is 15.6. The van der Waals surface area contributed by atoms with Gasteiger partial charge >= 0.3 is 0 Å². The fraction of sp³-hybridized carbons (Fsp3) is 0.333. The summed E-state index contributed by atoms with van der Waals surface area (Å²) in [6.45, 7) is 9.14. The normalized spacial score (nSPS) is 15.3. The van der Waals surface area contributed by atoms with Crippen molar-refractivity contribution < 1.29 is 0 Å².